The Hall–Kier alpha value is -2.63. The first-order valence-corrected chi connectivity index (χ1v) is 6.87. The monoisotopic (exact) mass is 302 g/mol. The Balaban J connectivity index is 2.66. The number of hydrogen-bond donors (Lipinski definition) is 2. The summed E-state index contributed by atoms with van der Waals surface area (Å²) in [4.78, 5) is 35.8. The summed E-state index contributed by atoms with van der Waals surface area (Å²) in [7, 11) is 1.53. The largest absolute Gasteiger partial charge is 0.506 e. The van der Waals surface area contributed by atoms with Gasteiger partial charge in [-0.2, -0.15) is 0 Å². The number of amides is 1. The van der Waals surface area contributed by atoms with Gasteiger partial charge in [0.1, 0.15) is 11.3 Å². The zero-order valence-electron chi connectivity index (χ0n) is 12.9. The van der Waals surface area contributed by atoms with E-state index in [-0.39, 0.29) is 17.1 Å². The number of carbonyl (C=O) groups excluding carboxylic acids is 2. The molecule has 1 aromatic carbocycles. The molecule has 1 atom stereocenters. The second-order valence-electron chi connectivity index (χ2n) is 5.41. The van der Waals surface area contributed by atoms with Gasteiger partial charge in [0.05, 0.1) is 11.6 Å². The highest BCUT2D eigenvalue weighted by atomic mass is 16.3. The maximum absolute atomic E-state index is 12.3. The lowest BCUT2D eigenvalue weighted by Gasteiger charge is -2.14. The number of nitrogens with one attached hydrogen (secondary N) is 1. The Labute approximate surface area is 127 Å². The number of fused-ring (bicyclic) bond motifs is 1. The molecule has 0 aliphatic heterocycles. The van der Waals surface area contributed by atoms with E-state index < -0.39 is 17.5 Å². The third-order valence-electron chi connectivity index (χ3n) is 3.71. The van der Waals surface area contributed by atoms with Gasteiger partial charge < -0.3 is 15.0 Å². The molecule has 0 saturated carbocycles. The van der Waals surface area contributed by atoms with E-state index in [1.807, 2.05) is 13.0 Å². The molecule has 0 unspecified atom stereocenters. The Morgan fingerprint density at radius 3 is 2.55 bits per heavy atom. The van der Waals surface area contributed by atoms with Gasteiger partial charge in [0.2, 0.25) is 0 Å². The van der Waals surface area contributed by atoms with Crippen molar-refractivity contribution in [3.05, 3.63) is 39.7 Å². The minimum absolute atomic E-state index is 0.235. The van der Waals surface area contributed by atoms with E-state index in [0.717, 1.165) is 5.56 Å². The summed E-state index contributed by atoms with van der Waals surface area (Å²) in [5.41, 5.74) is 0.463. The zero-order valence-corrected chi connectivity index (χ0v) is 12.9. The molecule has 1 aromatic heterocycles. The molecule has 6 heteroatoms. The van der Waals surface area contributed by atoms with Gasteiger partial charge in [0, 0.05) is 12.4 Å². The summed E-state index contributed by atoms with van der Waals surface area (Å²) in [5.74, 6) is -1.36. The van der Waals surface area contributed by atoms with Crippen LogP contribution in [0.5, 0.6) is 5.75 Å². The molecule has 6 nitrogen and oxygen atoms in total. The van der Waals surface area contributed by atoms with Crippen LogP contribution in [-0.4, -0.2) is 27.4 Å². The average molecular weight is 302 g/mol. The Morgan fingerprint density at radius 2 is 1.95 bits per heavy atom. The molecule has 1 heterocycles. The number of aryl methyl sites for hydroxylation is 2. The van der Waals surface area contributed by atoms with Crippen LogP contribution in [0.2, 0.25) is 0 Å². The van der Waals surface area contributed by atoms with Crippen molar-refractivity contribution in [1.82, 2.24) is 9.88 Å². The SMILES string of the molecule is CC(=O)[C@H](C)NC(=O)c1c(O)c2cc(C)ccc2n(C)c1=O. The van der Waals surface area contributed by atoms with Crippen LogP contribution in [0.3, 0.4) is 0 Å². The predicted molar refractivity (Wildman–Crippen MR) is 83.2 cm³/mol. The summed E-state index contributed by atoms with van der Waals surface area (Å²) in [6.45, 7) is 4.71. The number of Topliss-reactive ketones (excluding diaryl/α,β-unsaturated/α-hetero) is 1. The van der Waals surface area contributed by atoms with Gasteiger partial charge in [0.15, 0.2) is 5.78 Å². The fraction of sp³-hybridized carbons (Fsp3) is 0.312. The highest BCUT2D eigenvalue weighted by Crippen LogP contribution is 2.26. The van der Waals surface area contributed by atoms with E-state index in [2.05, 4.69) is 5.32 Å². The number of aromatic nitrogens is 1. The number of aromatic hydroxyl groups is 1. The van der Waals surface area contributed by atoms with Gasteiger partial charge in [-0.25, -0.2) is 0 Å². The minimum atomic E-state index is -0.760. The topological polar surface area (TPSA) is 88.4 Å². The van der Waals surface area contributed by atoms with E-state index >= 15 is 0 Å². The maximum Gasteiger partial charge on any atom is 0.267 e. The number of carbonyl (C=O) groups is 2. The number of nitrogens with zero attached hydrogens (tertiary/aromatic N) is 1. The first-order chi connectivity index (χ1) is 10.2. The molecule has 2 N–H and O–H groups in total. The lowest BCUT2D eigenvalue weighted by molar-refractivity contribution is -0.118. The van der Waals surface area contributed by atoms with Gasteiger partial charge in [-0.05, 0) is 32.9 Å². The second-order valence-corrected chi connectivity index (χ2v) is 5.41. The molecule has 116 valence electrons. The van der Waals surface area contributed by atoms with Gasteiger partial charge >= 0.3 is 0 Å². The molecule has 0 aliphatic rings. The molecule has 0 bridgehead atoms. The molecule has 1 amide bonds. The summed E-state index contributed by atoms with van der Waals surface area (Å²) in [5, 5.41) is 13.2. The van der Waals surface area contributed by atoms with E-state index in [4.69, 9.17) is 0 Å². The van der Waals surface area contributed by atoms with Crippen molar-refractivity contribution in [3.63, 3.8) is 0 Å². The van der Waals surface area contributed by atoms with Crippen LogP contribution >= 0.6 is 0 Å². The van der Waals surface area contributed by atoms with Crippen molar-refractivity contribution in [2.45, 2.75) is 26.8 Å². The van der Waals surface area contributed by atoms with Crippen molar-refractivity contribution >= 4 is 22.6 Å². The average Bonchev–Trinajstić information content (AvgIpc) is 2.44. The van der Waals surface area contributed by atoms with Crippen molar-refractivity contribution in [2.24, 2.45) is 7.05 Å². The third-order valence-corrected chi connectivity index (χ3v) is 3.71. The molecular formula is C16H18N2O4. The molecule has 0 spiro atoms. The van der Waals surface area contributed by atoms with E-state index in [1.165, 1.54) is 25.5 Å². The van der Waals surface area contributed by atoms with Crippen LogP contribution in [0, 0.1) is 6.92 Å². The fourth-order valence-corrected chi connectivity index (χ4v) is 2.22. The molecular weight excluding hydrogens is 284 g/mol. The molecule has 0 radical (unpaired) electrons. The molecule has 0 aliphatic carbocycles. The van der Waals surface area contributed by atoms with E-state index in [0.29, 0.717) is 10.9 Å². The minimum Gasteiger partial charge on any atom is -0.506 e. The van der Waals surface area contributed by atoms with Crippen LogP contribution in [-0.2, 0) is 11.8 Å². The van der Waals surface area contributed by atoms with Crippen molar-refractivity contribution < 1.29 is 14.7 Å². The van der Waals surface area contributed by atoms with Gasteiger partial charge in [-0.15, -0.1) is 0 Å². The first-order valence-electron chi connectivity index (χ1n) is 6.87. The Morgan fingerprint density at radius 1 is 1.32 bits per heavy atom. The smallest absolute Gasteiger partial charge is 0.267 e. The van der Waals surface area contributed by atoms with Crippen molar-refractivity contribution in [2.75, 3.05) is 0 Å². The number of benzene rings is 1. The van der Waals surface area contributed by atoms with E-state index in [1.54, 1.807) is 12.1 Å². The summed E-state index contributed by atoms with van der Waals surface area (Å²) < 4.78 is 1.31. The highest BCUT2D eigenvalue weighted by molar-refractivity contribution is 6.03. The normalized spacial score (nSPS) is 12.2. The zero-order chi connectivity index (χ0) is 16.6. The molecule has 2 rings (SSSR count). The Kier molecular flexibility index (Phi) is 4.03. The molecule has 0 saturated heterocycles. The molecule has 0 fully saturated rings. The lowest BCUT2D eigenvalue weighted by atomic mass is 10.1. The number of hydrogen-bond acceptors (Lipinski definition) is 4. The lowest BCUT2D eigenvalue weighted by Crippen LogP contribution is -2.40. The predicted octanol–water partition coefficient (Wildman–Crippen LogP) is 1.26. The van der Waals surface area contributed by atoms with Crippen LogP contribution in [0.25, 0.3) is 10.9 Å². The highest BCUT2D eigenvalue weighted by Gasteiger charge is 2.23. The van der Waals surface area contributed by atoms with Crippen molar-refractivity contribution in [1.29, 1.82) is 0 Å². The van der Waals surface area contributed by atoms with Crippen LogP contribution < -0.4 is 10.9 Å². The number of rotatable bonds is 3. The van der Waals surface area contributed by atoms with Crippen molar-refractivity contribution in [3.8, 4) is 5.75 Å². The molecule has 22 heavy (non-hydrogen) atoms. The van der Waals surface area contributed by atoms with Gasteiger partial charge in [-0.1, -0.05) is 11.6 Å². The van der Waals surface area contributed by atoms with Gasteiger partial charge in [-0.3, -0.25) is 14.4 Å². The second kappa shape index (κ2) is 5.63. The summed E-state index contributed by atoms with van der Waals surface area (Å²) in [6, 6.07) is 4.50. The van der Waals surface area contributed by atoms with Crippen LogP contribution in [0.1, 0.15) is 29.8 Å². The fourth-order valence-electron chi connectivity index (χ4n) is 2.22. The maximum atomic E-state index is 12.3. The van der Waals surface area contributed by atoms with E-state index in [9.17, 15) is 19.5 Å². The first kappa shape index (κ1) is 15.8. The van der Waals surface area contributed by atoms with Crippen LogP contribution in [0.4, 0.5) is 0 Å². The third kappa shape index (κ3) is 2.59. The summed E-state index contributed by atoms with van der Waals surface area (Å²) in [6.07, 6.45) is 0. The quantitative estimate of drug-likeness (QED) is 0.893. The summed E-state index contributed by atoms with van der Waals surface area (Å²) >= 11 is 0. The van der Waals surface area contributed by atoms with Crippen LogP contribution in [0.15, 0.2) is 23.0 Å². The standard InChI is InChI=1S/C16H18N2O4/c1-8-5-6-12-11(7-8)14(20)13(16(22)18(12)4)15(21)17-9(2)10(3)19/h5-7,9,20H,1-4H3,(H,17,21)/t9-/m0/s1. The number of ketones is 1. The van der Waals surface area contributed by atoms with Gasteiger partial charge in [0.25, 0.3) is 11.5 Å². The Bertz CT molecular complexity index is 836. The number of pyridine rings is 1. The molecule has 2 aromatic rings.